The third-order valence-corrected chi connectivity index (χ3v) is 9.72. The van der Waals surface area contributed by atoms with Gasteiger partial charge in [0.1, 0.15) is 41.2 Å². The molecule has 1 spiro atoms. The highest BCUT2D eigenvalue weighted by molar-refractivity contribution is 5.67. The van der Waals surface area contributed by atoms with Crippen molar-refractivity contribution in [1.29, 1.82) is 0 Å². The molecule has 0 bridgehead atoms. The molecular weight excluding hydrogens is 606 g/mol. The summed E-state index contributed by atoms with van der Waals surface area (Å²) in [6, 6.07) is 9.26. The van der Waals surface area contributed by atoms with Gasteiger partial charge in [0.25, 0.3) is 0 Å². The molecule has 1 aromatic rings. The molecule has 46 heavy (non-hydrogen) atoms. The van der Waals surface area contributed by atoms with Crippen LogP contribution in [-0.4, -0.2) is 136 Å². The molecular formula is C32H47NO13. The Kier molecular flexibility index (Phi) is 9.46. The fourth-order valence-corrected chi connectivity index (χ4v) is 7.20. The van der Waals surface area contributed by atoms with Gasteiger partial charge in [-0.25, -0.2) is 4.79 Å². The van der Waals surface area contributed by atoms with Crippen molar-refractivity contribution in [3.8, 4) is 0 Å². The number of ether oxygens (including phenoxy) is 7. The maximum absolute atomic E-state index is 12.1. The van der Waals surface area contributed by atoms with Gasteiger partial charge in [0.15, 0.2) is 18.9 Å². The molecule has 0 aromatic heterocycles. The second kappa shape index (κ2) is 12.8. The van der Waals surface area contributed by atoms with E-state index in [1.165, 1.54) is 4.90 Å². The molecule has 0 radical (unpaired) electrons. The zero-order chi connectivity index (χ0) is 33.0. The Labute approximate surface area is 268 Å². The first-order valence-corrected chi connectivity index (χ1v) is 16.1. The fourth-order valence-electron chi connectivity index (χ4n) is 7.20. The molecule has 2 aliphatic carbocycles. The van der Waals surface area contributed by atoms with Gasteiger partial charge >= 0.3 is 6.09 Å². The molecule has 10 unspecified atom stereocenters. The topological polar surface area (TPSA) is 186 Å². The number of benzene rings is 1. The maximum atomic E-state index is 12.1. The Morgan fingerprint density at radius 3 is 2.39 bits per heavy atom. The minimum Gasteiger partial charge on any atom is -0.444 e. The van der Waals surface area contributed by atoms with Gasteiger partial charge in [0.2, 0.25) is 0 Å². The molecule has 1 amide bonds. The highest BCUT2D eigenvalue weighted by Gasteiger charge is 2.82. The van der Waals surface area contributed by atoms with Gasteiger partial charge < -0.3 is 63.6 Å². The van der Waals surface area contributed by atoms with E-state index >= 15 is 0 Å². The first-order valence-electron chi connectivity index (χ1n) is 16.1. The molecule has 14 nitrogen and oxygen atoms in total. The van der Waals surface area contributed by atoms with E-state index in [0.29, 0.717) is 13.0 Å². The Morgan fingerprint density at radius 1 is 0.978 bits per heavy atom. The molecule has 3 saturated heterocycles. The molecule has 3 aliphatic heterocycles. The number of carbonyl (C=O) groups is 1. The van der Waals surface area contributed by atoms with Gasteiger partial charge in [-0.2, -0.15) is 0 Å². The van der Waals surface area contributed by atoms with Crippen LogP contribution in [0.1, 0.15) is 51.9 Å². The van der Waals surface area contributed by atoms with Crippen LogP contribution in [0, 0.1) is 11.8 Å². The van der Waals surface area contributed by atoms with Crippen molar-refractivity contribution in [1.82, 2.24) is 4.90 Å². The SMILES string of the molecule is CN(CCCCCO[C@@H]1OC(CO)[C@]2(O[C@@H]3OC4COC(c5ccccc5)OC45C(O)C5C3O)C(O)C2C1O)C(=O)OC(C)(C)C. The Hall–Kier alpha value is -1.95. The molecule has 2 saturated carbocycles. The van der Waals surface area contributed by atoms with Crippen molar-refractivity contribution in [2.24, 2.45) is 11.8 Å². The number of amides is 1. The smallest absolute Gasteiger partial charge is 0.410 e. The number of aliphatic hydroxyl groups excluding tert-OH is 5. The highest BCUT2D eigenvalue weighted by Crippen LogP contribution is 2.63. The van der Waals surface area contributed by atoms with Crippen molar-refractivity contribution in [2.45, 2.75) is 112 Å². The molecule has 5 aliphatic rings. The van der Waals surface area contributed by atoms with E-state index < -0.39 is 90.7 Å². The van der Waals surface area contributed by atoms with Gasteiger partial charge in [-0.3, -0.25) is 0 Å². The third kappa shape index (κ3) is 5.96. The van der Waals surface area contributed by atoms with Crippen LogP contribution in [0.3, 0.4) is 0 Å². The normalized spacial score (nSPS) is 42.8. The van der Waals surface area contributed by atoms with Crippen molar-refractivity contribution in [3.05, 3.63) is 35.9 Å². The average molecular weight is 654 g/mol. The Bertz CT molecular complexity index is 1210. The number of nitrogens with zero attached hydrogens (tertiary/aromatic N) is 1. The number of hydrogen-bond donors (Lipinski definition) is 5. The summed E-state index contributed by atoms with van der Waals surface area (Å²) in [5, 5.41) is 54.5. The largest absolute Gasteiger partial charge is 0.444 e. The zero-order valence-electron chi connectivity index (χ0n) is 26.6. The predicted octanol–water partition coefficient (Wildman–Crippen LogP) is 0.425. The summed E-state index contributed by atoms with van der Waals surface area (Å²) in [4.78, 5) is 13.6. The second-order valence-corrected chi connectivity index (χ2v) is 13.9. The zero-order valence-corrected chi connectivity index (χ0v) is 26.6. The minimum atomic E-state index is -1.56. The molecule has 3 heterocycles. The van der Waals surface area contributed by atoms with Crippen LogP contribution < -0.4 is 0 Å². The van der Waals surface area contributed by atoms with E-state index in [4.69, 9.17) is 33.2 Å². The summed E-state index contributed by atoms with van der Waals surface area (Å²) in [6.45, 7) is 5.71. The second-order valence-electron chi connectivity index (χ2n) is 13.9. The molecule has 6 rings (SSSR count). The van der Waals surface area contributed by atoms with Crippen LogP contribution >= 0.6 is 0 Å². The lowest BCUT2D eigenvalue weighted by Gasteiger charge is -2.45. The van der Waals surface area contributed by atoms with Gasteiger partial charge in [0.05, 0.1) is 37.3 Å². The van der Waals surface area contributed by atoms with Gasteiger partial charge in [-0.1, -0.05) is 30.3 Å². The fraction of sp³-hybridized carbons (Fsp3) is 0.781. The van der Waals surface area contributed by atoms with Crippen molar-refractivity contribution < 1.29 is 63.5 Å². The summed E-state index contributed by atoms with van der Waals surface area (Å²) < 4.78 is 41.4. The minimum absolute atomic E-state index is 0.0639. The lowest BCUT2D eigenvalue weighted by atomic mass is 9.99. The summed E-state index contributed by atoms with van der Waals surface area (Å²) in [6.07, 6.45) is -8.22. The monoisotopic (exact) mass is 653 g/mol. The van der Waals surface area contributed by atoms with Gasteiger partial charge in [-0.05, 0) is 40.0 Å². The van der Waals surface area contributed by atoms with E-state index in [1.54, 1.807) is 7.05 Å². The first kappa shape index (κ1) is 33.9. The van der Waals surface area contributed by atoms with E-state index in [2.05, 4.69) is 0 Å². The number of rotatable bonds is 11. The maximum Gasteiger partial charge on any atom is 0.410 e. The van der Waals surface area contributed by atoms with Crippen molar-refractivity contribution in [3.63, 3.8) is 0 Å². The molecule has 258 valence electrons. The van der Waals surface area contributed by atoms with Crippen molar-refractivity contribution >= 4 is 6.09 Å². The third-order valence-electron chi connectivity index (χ3n) is 9.72. The lowest BCUT2D eigenvalue weighted by molar-refractivity contribution is -0.368. The highest BCUT2D eigenvalue weighted by atomic mass is 16.8. The average Bonchev–Trinajstić information content (AvgIpc) is 3.84. The van der Waals surface area contributed by atoms with Gasteiger partial charge in [0, 0.05) is 25.8 Å². The standard InChI is InChI=1S/C32H47NO13/c1-30(2,3)46-29(39)33(4)13-9-6-10-14-40-27-22(35)20-24(37)31(20,18(15-34)42-27)45-28-23(36)21-25(38)32(21)19(43-28)16-41-26(44-32)17-11-7-5-8-12-17/h5,7-8,11-12,18-28,34-38H,6,9-10,13-16H2,1-4H3/t18?,19?,20?,21?,22?,23?,24?,25?,26?,27-,28+,31-,32?/m1/s1. The summed E-state index contributed by atoms with van der Waals surface area (Å²) in [5.74, 6) is -1.61. The van der Waals surface area contributed by atoms with E-state index in [9.17, 15) is 30.3 Å². The van der Waals surface area contributed by atoms with Crippen LogP contribution in [0.2, 0.25) is 0 Å². The van der Waals surface area contributed by atoms with E-state index in [-0.39, 0.29) is 19.3 Å². The van der Waals surface area contributed by atoms with Crippen LogP contribution in [-0.2, 0) is 33.2 Å². The number of hydrogen-bond acceptors (Lipinski definition) is 13. The van der Waals surface area contributed by atoms with Crippen LogP contribution in [0.15, 0.2) is 30.3 Å². The summed E-state index contributed by atoms with van der Waals surface area (Å²) in [5.41, 5.74) is -2.54. The quantitative estimate of drug-likeness (QED) is 0.207. The number of aliphatic hydroxyl groups is 5. The lowest BCUT2D eigenvalue weighted by Crippen LogP contribution is -2.59. The first-order chi connectivity index (χ1) is 21.8. The number of carbonyl (C=O) groups excluding carboxylic acids is 1. The van der Waals surface area contributed by atoms with Crippen molar-refractivity contribution in [2.75, 3.05) is 33.4 Å². The molecule has 13 atom stereocenters. The summed E-state index contributed by atoms with van der Waals surface area (Å²) in [7, 11) is 1.68. The van der Waals surface area contributed by atoms with E-state index in [0.717, 1.165) is 18.4 Å². The Balaban J connectivity index is 1.01. The number of unbranched alkanes of at least 4 members (excludes halogenated alkanes) is 2. The number of fused-ring (bicyclic) bond motifs is 1. The predicted molar refractivity (Wildman–Crippen MR) is 157 cm³/mol. The van der Waals surface area contributed by atoms with Gasteiger partial charge in [-0.15, -0.1) is 0 Å². The summed E-state index contributed by atoms with van der Waals surface area (Å²) >= 11 is 0. The van der Waals surface area contributed by atoms with Crippen LogP contribution in [0.25, 0.3) is 0 Å². The van der Waals surface area contributed by atoms with Crippen LogP contribution in [0.4, 0.5) is 4.79 Å². The Morgan fingerprint density at radius 2 is 1.70 bits per heavy atom. The molecule has 5 fully saturated rings. The van der Waals surface area contributed by atoms with E-state index in [1.807, 2.05) is 51.1 Å². The molecule has 5 N–H and O–H groups in total. The molecule has 14 heteroatoms. The van der Waals surface area contributed by atoms with Crippen LogP contribution in [0.5, 0.6) is 0 Å². The molecule has 1 aromatic carbocycles.